The summed E-state index contributed by atoms with van der Waals surface area (Å²) in [5.74, 6) is 0.364. The number of sulfone groups is 1. The molecule has 0 unspecified atom stereocenters. The molecular weight excluding hydrogens is 214 g/mol. The Hall–Kier alpha value is -1.10. The minimum absolute atomic E-state index is 0.133. The molecule has 84 valence electrons. The molecule has 0 bridgehead atoms. The lowest BCUT2D eigenvalue weighted by atomic mass is 10.4. The second-order valence-corrected chi connectivity index (χ2v) is 5.76. The van der Waals surface area contributed by atoms with Gasteiger partial charge >= 0.3 is 0 Å². The molecule has 0 N–H and O–H groups in total. The first-order valence-electron chi connectivity index (χ1n) is 4.89. The third kappa shape index (κ3) is 3.87. The summed E-state index contributed by atoms with van der Waals surface area (Å²) >= 11 is 0. The Morgan fingerprint density at radius 2 is 2.13 bits per heavy atom. The monoisotopic (exact) mass is 229 g/mol. The first-order valence-corrected chi connectivity index (χ1v) is 6.71. The SMILES string of the molecule is CCCS(=O)(=O)CCn1ccc(C=O)c1. The summed E-state index contributed by atoms with van der Waals surface area (Å²) in [7, 11) is -2.94. The fraction of sp³-hybridized carbons (Fsp3) is 0.500. The van der Waals surface area contributed by atoms with Gasteiger partial charge in [-0.05, 0) is 12.5 Å². The zero-order valence-corrected chi connectivity index (χ0v) is 9.53. The second-order valence-electron chi connectivity index (χ2n) is 3.45. The molecule has 0 fully saturated rings. The molecule has 0 aliphatic rings. The standard InChI is InChI=1S/C10H15NO3S/c1-2-6-15(13,14)7-5-11-4-3-10(8-11)9-12/h3-4,8-9H,2,5-7H2,1H3. The molecule has 1 rings (SSSR count). The summed E-state index contributed by atoms with van der Waals surface area (Å²) in [6.07, 6.45) is 4.75. The highest BCUT2D eigenvalue weighted by molar-refractivity contribution is 7.91. The smallest absolute Gasteiger partial charge is 0.152 e. The van der Waals surface area contributed by atoms with E-state index in [1.807, 2.05) is 6.92 Å². The zero-order chi connectivity index (χ0) is 11.3. The highest BCUT2D eigenvalue weighted by Gasteiger charge is 2.08. The van der Waals surface area contributed by atoms with E-state index in [1.54, 1.807) is 23.0 Å². The van der Waals surface area contributed by atoms with Crippen LogP contribution >= 0.6 is 0 Å². The topological polar surface area (TPSA) is 56.1 Å². The average Bonchev–Trinajstić information content (AvgIpc) is 2.62. The predicted octanol–water partition coefficient (Wildman–Crippen LogP) is 1.13. The van der Waals surface area contributed by atoms with Crippen LogP contribution in [0.3, 0.4) is 0 Å². The van der Waals surface area contributed by atoms with Gasteiger partial charge in [0.1, 0.15) is 0 Å². The molecule has 0 aromatic carbocycles. The fourth-order valence-corrected chi connectivity index (χ4v) is 2.64. The van der Waals surface area contributed by atoms with Crippen molar-refractivity contribution >= 4 is 16.1 Å². The minimum Gasteiger partial charge on any atom is -0.353 e. The van der Waals surface area contributed by atoms with E-state index >= 15 is 0 Å². The van der Waals surface area contributed by atoms with Gasteiger partial charge in [-0.2, -0.15) is 0 Å². The molecule has 5 heteroatoms. The summed E-state index contributed by atoms with van der Waals surface area (Å²) in [6, 6.07) is 1.67. The average molecular weight is 229 g/mol. The van der Waals surface area contributed by atoms with Crippen LogP contribution in [0.15, 0.2) is 18.5 Å². The molecule has 0 radical (unpaired) electrons. The number of carbonyl (C=O) groups excluding carboxylic acids is 1. The molecule has 0 spiro atoms. The molecule has 15 heavy (non-hydrogen) atoms. The van der Waals surface area contributed by atoms with Gasteiger partial charge in [0, 0.05) is 30.3 Å². The third-order valence-electron chi connectivity index (χ3n) is 2.09. The maximum atomic E-state index is 11.4. The number of hydrogen-bond donors (Lipinski definition) is 0. The highest BCUT2D eigenvalue weighted by atomic mass is 32.2. The van der Waals surface area contributed by atoms with E-state index in [9.17, 15) is 13.2 Å². The molecule has 1 heterocycles. The molecule has 0 amide bonds. The van der Waals surface area contributed by atoms with Crippen molar-refractivity contribution in [2.24, 2.45) is 0 Å². The van der Waals surface area contributed by atoms with Crippen LogP contribution in [0.25, 0.3) is 0 Å². The lowest BCUT2D eigenvalue weighted by Gasteiger charge is -2.03. The van der Waals surface area contributed by atoms with Crippen LogP contribution in [-0.4, -0.2) is 30.8 Å². The molecule has 0 aliphatic carbocycles. The predicted molar refractivity (Wildman–Crippen MR) is 58.8 cm³/mol. The van der Waals surface area contributed by atoms with Crippen molar-refractivity contribution in [1.29, 1.82) is 0 Å². The Labute approximate surface area is 89.8 Å². The van der Waals surface area contributed by atoms with Crippen LogP contribution in [0, 0.1) is 0 Å². The Bertz CT molecular complexity index is 420. The zero-order valence-electron chi connectivity index (χ0n) is 8.72. The van der Waals surface area contributed by atoms with Gasteiger partial charge in [-0.3, -0.25) is 4.79 Å². The first-order chi connectivity index (χ1) is 7.07. The van der Waals surface area contributed by atoms with Crippen LogP contribution < -0.4 is 0 Å². The van der Waals surface area contributed by atoms with Crippen molar-refractivity contribution < 1.29 is 13.2 Å². The summed E-state index contributed by atoms with van der Waals surface area (Å²) in [6.45, 7) is 2.26. The van der Waals surface area contributed by atoms with E-state index in [1.165, 1.54) is 0 Å². The number of aryl methyl sites for hydroxylation is 1. The van der Waals surface area contributed by atoms with Crippen LogP contribution in [-0.2, 0) is 16.4 Å². The number of aldehydes is 1. The van der Waals surface area contributed by atoms with E-state index < -0.39 is 9.84 Å². The lowest BCUT2D eigenvalue weighted by molar-refractivity contribution is 0.112. The quantitative estimate of drug-likeness (QED) is 0.687. The van der Waals surface area contributed by atoms with E-state index in [0.717, 1.165) is 6.29 Å². The summed E-state index contributed by atoms with van der Waals surface area (Å²) in [5, 5.41) is 0. The van der Waals surface area contributed by atoms with E-state index in [0.29, 0.717) is 18.5 Å². The van der Waals surface area contributed by atoms with Gasteiger partial charge < -0.3 is 4.57 Å². The Balaban J connectivity index is 2.53. The van der Waals surface area contributed by atoms with Gasteiger partial charge in [-0.15, -0.1) is 0 Å². The number of carbonyl (C=O) groups is 1. The van der Waals surface area contributed by atoms with Gasteiger partial charge in [-0.25, -0.2) is 8.42 Å². The summed E-state index contributed by atoms with van der Waals surface area (Å²) in [4.78, 5) is 10.4. The molecule has 0 aliphatic heterocycles. The van der Waals surface area contributed by atoms with Crippen molar-refractivity contribution in [2.45, 2.75) is 19.9 Å². The molecule has 0 atom stereocenters. The fourth-order valence-electron chi connectivity index (χ4n) is 1.33. The van der Waals surface area contributed by atoms with Crippen molar-refractivity contribution in [3.63, 3.8) is 0 Å². The van der Waals surface area contributed by atoms with Gasteiger partial charge in [0.2, 0.25) is 0 Å². The van der Waals surface area contributed by atoms with Crippen molar-refractivity contribution in [3.8, 4) is 0 Å². The number of nitrogens with zero attached hydrogens (tertiary/aromatic N) is 1. The van der Waals surface area contributed by atoms with Gasteiger partial charge in [-0.1, -0.05) is 6.92 Å². The molecular formula is C10H15NO3S. The number of hydrogen-bond acceptors (Lipinski definition) is 3. The van der Waals surface area contributed by atoms with Gasteiger partial charge in [0.25, 0.3) is 0 Å². The van der Waals surface area contributed by atoms with Crippen LogP contribution in [0.2, 0.25) is 0 Å². The van der Waals surface area contributed by atoms with Crippen LogP contribution in [0.1, 0.15) is 23.7 Å². The Morgan fingerprint density at radius 3 is 2.67 bits per heavy atom. The number of rotatable bonds is 6. The van der Waals surface area contributed by atoms with Crippen LogP contribution in [0.4, 0.5) is 0 Å². The summed E-state index contributed by atoms with van der Waals surface area (Å²) < 4.78 is 24.5. The highest BCUT2D eigenvalue weighted by Crippen LogP contribution is 2.00. The molecule has 4 nitrogen and oxygen atoms in total. The van der Waals surface area contributed by atoms with Crippen LogP contribution in [0.5, 0.6) is 0 Å². The lowest BCUT2D eigenvalue weighted by Crippen LogP contribution is -2.14. The molecule has 1 aromatic rings. The Morgan fingerprint density at radius 1 is 1.40 bits per heavy atom. The van der Waals surface area contributed by atoms with Crippen molar-refractivity contribution in [1.82, 2.24) is 4.57 Å². The number of aromatic nitrogens is 1. The van der Waals surface area contributed by atoms with E-state index in [-0.39, 0.29) is 11.5 Å². The van der Waals surface area contributed by atoms with Gasteiger partial charge in [0.05, 0.1) is 5.75 Å². The molecule has 1 aromatic heterocycles. The first kappa shape index (κ1) is 12.0. The van der Waals surface area contributed by atoms with E-state index in [4.69, 9.17) is 0 Å². The normalized spacial score (nSPS) is 11.5. The maximum absolute atomic E-state index is 11.4. The largest absolute Gasteiger partial charge is 0.353 e. The maximum Gasteiger partial charge on any atom is 0.152 e. The van der Waals surface area contributed by atoms with Crippen molar-refractivity contribution in [2.75, 3.05) is 11.5 Å². The second kappa shape index (κ2) is 5.11. The Kier molecular flexibility index (Phi) is 4.08. The van der Waals surface area contributed by atoms with Crippen molar-refractivity contribution in [3.05, 3.63) is 24.0 Å². The minimum atomic E-state index is -2.94. The third-order valence-corrected chi connectivity index (χ3v) is 3.92. The van der Waals surface area contributed by atoms with Gasteiger partial charge in [0.15, 0.2) is 16.1 Å². The van der Waals surface area contributed by atoms with E-state index in [2.05, 4.69) is 0 Å². The summed E-state index contributed by atoms with van der Waals surface area (Å²) in [5.41, 5.74) is 0.572. The molecule has 0 saturated heterocycles. The molecule has 0 saturated carbocycles.